The Hall–Kier alpha value is -3.42. The number of allylic oxidation sites excluding steroid dienone is 2. The molecule has 0 aromatic heterocycles. The van der Waals surface area contributed by atoms with Gasteiger partial charge in [0.05, 0.1) is 11.3 Å². The molecule has 1 heterocycles. The Balaban J connectivity index is 1.62. The molecule has 0 unspecified atom stereocenters. The molecule has 0 saturated carbocycles. The van der Waals surface area contributed by atoms with Gasteiger partial charge in [-0.25, -0.2) is 17.6 Å². The van der Waals surface area contributed by atoms with Crippen molar-refractivity contribution in [1.82, 2.24) is 0 Å². The second-order valence-corrected chi connectivity index (χ2v) is 11.1. The van der Waals surface area contributed by atoms with Gasteiger partial charge >= 0.3 is 11.9 Å². The van der Waals surface area contributed by atoms with Crippen molar-refractivity contribution in [3.63, 3.8) is 0 Å². The molecule has 1 fully saturated rings. The van der Waals surface area contributed by atoms with Gasteiger partial charge in [-0.3, -0.25) is 4.79 Å². The van der Waals surface area contributed by atoms with Gasteiger partial charge in [0.1, 0.15) is 24.1 Å². The van der Waals surface area contributed by atoms with Crippen LogP contribution in [0.1, 0.15) is 30.0 Å². The smallest absolute Gasteiger partial charge is 0.335 e. The summed E-state index contributed by atoms with van der Waals surface area (Å²) in [4.78, 5) is 24.3. The highest BCUT2D eigenvalue weighted by Gasteiger charge is 2.48. The maximum atomic E-state index is 14.2. The van der Waals surface area contributed by atoms with Crippen LogP contribution in [0.25, 0.3) is 17.2 Å². The lowest BCUT2D eigenvalue weighted by atomic mass is 9.99. The van der Waals surface area contributed by atoms with Gasteiger partial charge in [-0.15, -0.1) is 0 Å². The molecule has 0 spiro atoms. The van der Waals surface area contributed by atoms with E-state index in [-0.39, 0.29) is 4.90 Å². The Bertz CT molecular complexity index is 1440. The fourth-order valence-corrected chi connectivity index (χ4v) is 5.05. The zero-order valence-corrected chi connectivity index (χ0v) is 21.1. The Morgan fingerprint density at radius 3 is 2.29 bits per heavy atom. The van der Waals surface area contributed by atoms with Gasteiger partial charge in [-0.05, 0) is 70.7 Å². The number of carboxylic acids is 1. The van der Waals surface area contributed by atoms with E-state index in [9.17, 15) is 42.8 Å². The van der Waals surface area contributed by atoms with Crippen molar-refractivity contribution in [3.8, 4) is 0 Å². The fraction of sp³-hybridized carbons (Fsp3) is 0.308. The normalized spacial score (nSPS) is 26.4. The summed E-state index contributed by atoms with van der Waals surface area (Å²) in [5.41, 5.74) is 3.38. The second kappa shape index (κ2) is 10.4. The van der Waals surface area contributed by atoms with Gasteiger partial charge in [0.15, 0.2) is 15.9 Å². The number of halogens is 1. The van der Waals surface area contributed by atoms with Gasteiger partial charge in [0.25, 0.3) is 0 Å². The third-order valence-electron chi connectivity index (χ3n) is 6.45. The number of rotatable bonds is 6. The molecule has 1 aliphatic heterocycles. The molecule has 2 aromatic carbocycles. The number of sulfone groups is 1. The van der Waals surface area contributed by atoms with Crippen molar-refractivity contribution >= 4 is 39.0 Å². The van der Waals surface area contributed by atoms with Crippen LogP contribution in [0.2, 0.25) is 0 Å². The number of carboxylic acid groups (broad SMARTS) is 1. The van der Waals surface area contributed by atoms with Crippen molar-refractivity contribution in [1.29, 1.82) is 0 Å². The fourth-order valence-electron chi connectivity index (χ4n) is 4.42. The molecule has 12 heteroatoms. The molecule has 2 aliphatic rings. The standard InChI is InChI=1S/C26H25FO10S/c1-12-17(9-13-3-6-15(7-4-13)38(2,34)35)16-8-5-14(27)10-19(16)18(12)11-20(28)36-26-23(31)21(29)22(30)24(37-26)25(32)33/h3-10,21-24,26,29-31H,11H2,1-2H3,(H,32,33)/t21-,22-,23+,24-,26+/m0/s1. The van der Waals surface area contributed by atoms with E-state index in [4.69, 9.17) is 9.47 Å². The SMILES string of the molecule is CC1=C(CC(=O)O[C@@H]2O[C@H](C(=O)O)[C@@H](O)[C@H](O)[C@H]2O)c2cc(F)ccc2C1=Cc1ccc(S(C)(=O)=O)cc1. The second-order valence-electron chi connectivity index (χ2n) is 9.09. The maximum Gasteiger partial charge on any atom is 0.335 e. The minimum Gasteiger partial charge on any atom is -0.479 e. The first-order valence-corrected chi connectivity index (χ1v) is 13.3. The highest BCUT2D eigenvalue weighted by Crippen LogP contribution is 2.44. The Morgan fingerprint density at radius 1 is 1.03 bits per heavy atom. The number of aliphatic hydroxyl groups excluding tert-OH is 3. The largest absolute Gasteiger partial charge is 0.479 e. The third-order valence-corrected chi connectivity index (χ3v) is 7.58. The van der Waals surface area contributed by atoms with Crippen molar-refractivity contribution < 1.29 is 52.3 Å². The monoisotopic (exact) mass is 548 g/mol. The van der Waals surface area contributed by atoms with E-state index in [1.807, 2.05) is 0 Å². The lowest BCUT2D eigenvalue weighted by Gasteiger charge is -2.38. The Kier molecular flexibility index (Phi) is 7.55. The van der Waals surface area contributed by atoms with Crippen LogP contribution in [0, 0.1) is 5.82 Å². The van der Waals surface area contributed by atoms with E-state index in [1.54, 1.807) is 31.2 Å². The van der Waals surface area contributed by atoms with Crippen molar-refractivity contribution in [2.24, 2.45) is 0 Å². The van der Waals surface area contributed by atoms with Crippen molar-refractivity contribution in [2.75, 3.05) is 6.26 Å². The molecule has 1 aliphatic carbocycles. The van der Waals surface area contributed by atoms with Crippen LogP contribution in [-0.2, 0) is 28.9 Å². The molecule has 4 rings (SSSR count). The van der Waals surface area contributed by atoms with Gasteiger partial charge in [0.2, 0.25) is 6.29 Å². The summed E-state index contributed by atoms with van der Waals surface area (Å²) >= 11 is 0. The van der Waals surface area contributed by atoms with E-state index in [1.165, 1.54) is 24.3 Å². The van der Waals surface area contributed by atoms with Crippen LogP contribution in [0.4, 0.5) is 4.39 Å². The van der Waals surface area contributed by atoms with Crippen LogP contribution < -0.4 is 0 Å². The molecule has 5 atom stereocenters. The number of esters is 1. The summed E-state index contributed by atoms with van der Waals surface area (Å²) in [6.07, 6.45) is -7.12. The Labute approximate surface area is 217 Å². The van der Waals surface area contributed by atoms with Crippen LogP contribution in [0.3, 0.4) is 0 Å². The number of aliphatic carboxylic acids is 1. The highest BCUT2D eigenvalue weighted by molar-refractivity contribution is 7.90. The molecule has 1 saturated heterocycles. The van der Waals surface area contributed by atoms with Crippen LogP contribution in [0.15, 0.2) is 52.9 Å². The first kappa shape index (κ1) is 27.6. The maximum absolute atomic E-state index is 14.2. The summed E-state index contributed by atoms with van der Waals surface area (Å²) in [5, 5.41) is 39.0. The number of benzene rings is 2. The number of hydrogen-bond donors (Lipinski definition) is 4. The third kappa shape index (κ3) is 5.40. The van der Waals surface area contributed by atoms with Crippen LogP contribution in [-0.4, -0.2) is 77.7 Å². The zero-order chi connectivity index (χ0) is 27.9. The molecule has 0 bridgehead atoms. The average molecular weight is 549 g/mol. The number of carbonyl (C=O) groups is 2. The van der Waals surface area contributed by atoms with Gasteiger partial charge < -0.3 is 29.9 Å². The van der Waals surface area contributed by atoms with Crippen molar-refractivity contribution in [2.45, 2.75) is 48.9 Å². The molecular formula is C26H25FO10S. The lowest BCUT2D eigenvalue weighted by molar-refractivity contribution is -0.286. The summed E-state index contributed by atoms with van der Waals surface area (Å²) in [5.74, 6) is -3.12. The first-order chi connectivity index (χ1) is 17.8. The van der Waals surface area contributed by atoms with E-state index in [0.29, 0.717) is 33.4 Å². The first-order valence-electron chi connectivity index (χ1n) is 11.4. The quantitative estimate of drug-likeness (QED) is 0.387. The number of ether oxygens (including phenoxy) is 2. The summed E-state index contributed by atoms with van der Waals surface area (Å²) in [6, 6.07) is 10.2. The number of fused-ring (bicyclic) bond motifs is 1. The van der Waals surface area contributed by atoms with Gasteiger partial charge in [0, 0.05) is 6.26 Å². The van der Waals surface area contributed by atoms with Crippen LogP contribution >= 0.6 is 0 Å². The zero-order valence-electron chi connectivity index (χ0n) is 20.2. The summed E-state index contributed by atoms with van der Waals surface area (Å²) in [6.45, 7) is 1.71. The molecule has 10 nitrogen and oxygen atoms in total. The van der Waals surface area contributed by atoms with E-state index >= 15 is 0 Å². The Morgan fingerprint density at radius 2 is 1.68 bits per heavy atom. The minimum absolute atomic E-state index is 0.152. The summed E-state index contributed by atoms with van der Waals surface area (Å²) < 4.78 is 47.8. The van der Waals surface area contributed by atoms with Crippen LogP contribution in [0.5, 0.6) is 0 Å². The topological polar surface area (TPSA) is 168 Å². The number of carbonyl (C=O) groups excluding carboxylic acids is 1. The molecule has 38 heavy (non-hydrogen) atoms. The van der Waals surface area contributed by atoms with Gasteiger partial charge in [-0.1, -0.05) is 18.2 Å². The predicted molar refractivity (Wildman–Crippen MR) is 131 cm³/mol. The predicted octanol–water partition coefficient (Wildman–Crippen LogP) is 1.38. The molecule has 0 radical (unpaired) electrons. The number of hydrogen-bond acceptors (Lipinski definition) is 9. The average Bonchev–Trinajstić information content (AvgIpc) is 3.09. The molecule has 2 aromatic rings. The lowest BCUT2D eigenvalue weighted by Crippen LogP contribution is -2.60. The molecule has 0 amide bonds. The molecule has 202 valence electrons. The minimum atomic E-state index is -3.38. The van der Waals surface area contributed by atoms with E-state index < -0.39 is 64.7 Å². The number of aliphatic hydroxyl groups is 3. The van der Waals surface area contributed by atoms with E-state index in [2.05, 4.69) is 0 Å². The van der Waals surface area contributed by atoms with E-state index in [0.717, 1.165) is 6.26 Å². The van der Waals surface area contributed by atoms with Gasteiger partial charge in [-0.2, -0.15) is 0 Å². The highest BCUT2D eigenvalue weighted by atomic mass is 32.2. The summed E-state index contributed by atoms with van der Waals surface area (Å²) in [7, 11) is -3.38. The molecular weight excluding hydrogens is 523 g/mol. The van der Waals surface area contributed by atoms with Crippen molar-refractivity contribution in [3.05, 3.63) is 70.5 Å². The molecule has 4 N–H and O–H groups in total.